The molecular weight excluding hydrogens is 186 g/mol. The van der Waals surface area contributed by atoms with E-state index in [1.165, 1.54) is 19.6 Å². The Kier molecular flexibility index (Phi) is 4.56. The molecule has 0 spiro atoms. The van der Waals surface area contributed by atoms with E-state index in [9.17, 15) is 0 Å². The standard InChI is InChI=1S/C12H27N3/c1-5-11(13)6-7-15-9-8-14(4)12(2,3)10-15/h11H,5-10,13H2,1-4H3. The molecule has 1 aliphatic heterocycles. The predicted octanol–water partition coefficient (Wildman–Crippen LogP) is 1.14. The van der Waals surface area contributed by atoms with Crippen LogP contribution in [0.2, 0.25) is 0 Å². The van der Waals surface area contributed by atoms with Crippen molar-refractivity contribution in [1.82, 2.24) is 9.80 Å². The molecule has 0 aromatic carbocycles. The molecule has 1 unspecified atom stereocenters. The van der Waals surface area contributed by atoms with E-state index in [4.69, 9.17) is 5.73 Å². The number of piperazine rings is 1. The molecule has 0 aliphatic carbocycles. The lowest BCUT2D eigenvalue weighted by atomic mass is 9.99. The number of hydrogen-bond acceptors (Lipinski definition) is 3. The van der Waals surface area contributed by atoms with Crippen molar-refractivity contribution in [2.24, 2.45) is 5.73 Å². The summed E-state index contributed by atoms with van der Waals surface area (Å²) in [6.07, 6.45) is 2.23. The van der Waals surface area contributed by atoms with Crippen molar-refractivity contribution in [3.63, 3.8) is 0 Å². The van der Waals surface area contributed by atoms with Crippen LogP contribution in [0.15, 0.2) is 0 Å². The second-order valence-corrected chi connectivity index (χ2v) is 5.47. The molecule has 3 nitrogen and oxygen atoms in total. The first-order chi connectivity index (χ1) is 6.95. The molecule has 1 rings (SSSR count). The van der Waals surface area contributed by atoms with Gasteiger partial charge in [-0.2, -0.15) is 0 Å². The van der Waals surface area contributed by atoms with E-state index in [1.54, 1.807) is 0 Å². The maximum atomic E-state index is 5.95. The Bertz CT molecular complexity index is 191. The summed E-state index contributed by atoms with van der Waals surface area (Å²) in [4.78, 5) is 5.00. The van der Waals surface area contributed by atoms with Crippen molar-refractivity contribution in [2.75, 3.05) is 33.2 Å². The van der Waals surface area contributed by atoms with Crippen LogP contribution in [0.1, 0.15) is 33.6 Å². The molecule has 3 heteroatoms. The molecule has 0 aromatic heterocycles. The fraction of sp³-hybridized carbons (Fsp3) is 1.00. The summed E-state index contributed by atoms with van der Waals surface area (Å²) in [6.45, 7) is 11.5. The van der Waals surface area contributed by atoms with Crippen LogP contribution in [0.4, 0.5) is 0 Å². The van der Waals surface area contributed by atoms with Crippen LogP contribution < -0.4 is 5.73 Å². The molecule has 1 heterocycles. The van der Waals surface area contributed by atoms with Crippen LogP contribution in [-0.2, 0) is 0 Å². The van der Waals surface area contributed by atoms with Gasteiger partial charge in [-0.3, -0.25) is 4.90 Å². The number of likely N-dealkylation sites (N-methyl/N-ethyl adjacent to an activating group) is 1. The van der Waals surface area contributed by atoms with Gasteiger partial charge in [0, 0.05) is 31.2 Å². The molecule has 1 fully saturated rings. The maximum absolute atomic E-state index is 5.95. The third-order valence-corrected chi connectivity index (χ3v) is 3.74. The lowest BCUT2D eigenvalue weighted by Crippen LogP contribution is -2.57. The minimum atomic E-state index is 0.314. The first-order valence-corrected chi connectivity index (χ1v) is 6.15. The van der Waals surface area contributed by atoms with E-state index in [2.05, 4.69) is 37.6 Å². The lowest BCUT2D eigenvalue weighted by Gasteiger charge is -2.45. The van der Waals surface area contributed by atoms with Crippen molar-refractivity contribution in [2.45, 2.75) is 45.2 Å². The highest BCUT2D eigenvalue weighted by atomic mass is 15.3. The normalized spacial score (nSPS) is 25.4. The van der Waals surface area contributed by atoms with Crippen LogP contribution in [-0.4, -0.2) is 54.6 Å². The second-order valence-electron chi connectivity index (χ2n) is 5.47. The van der Waals surface area contributed by atoms with Gasteiger partial charge in [-0.25, -0.2) is 0 Å². The molecule has 1 saturated heterocycles. The van der Waals surface area contributed by atoms with Crippen LogP contribution in [0.3, 0.4) is 0 Å². The molecular formula is C12H27N3. The molecule has 0 amide bonds. The first-order valence-electron chi connectivity index (χ1n) is 6.15. The van der Waals surface area contributed by atoms with Gasteiger partial charge in [0.25, 0.3) is 0 Å². The topological polar surface area (TPSA) is 32.5 Å². The molecule has 15 heavy (non-hydrogen) atoms. The zero-order valence-corrected chi connectivity index (χ0v) is 10.8. The highest BCUT2D eigenvalue weighted by Crippen LogP contribution is 2.18. The Balaban J connectivity index is 2.33. The average molecular weight is 213 g/mol. The highest BCUT2D eigenvalue weighted by Gasteiger charge is 2.30. The van der Waals surface area contributed by atoms with E-state index < -0.39 is 0 Å². The largest absolute Gasteiger partial charge is 0.328 e. The molecule has 0 bridgehead atoms. The minimum absolute atomic E-state index is 0.314. The van der Waals surface area contributed by atoms with E-state index in [1.807, 2.05) is 0 Å². The van der Waals surface area contributed by atoms with Crippen molar-refractivity contribution >= 4 is 0 Å². The summed E-state index contributed by atoms with van der Waals surface area (Å²) in [7, 11) is 2.22. The van der Waals surface area contributed by atoms with Gasteiger partial charge in [-0.15, -0.1) is 0 Å². The summed E-state index contributed by atoms with van der Waals surface area (Å²) < 4.78 is 0. The molecule has 0 radical (unpaired) electrons. The number of rotatable bonds is 4. The summed E-state index contributed by atoms with van der Waals surface area (Å²) in [5.41, 5.74) is 6.26. The van der Waals surface area contributed by atoms with Gasteiger partial charge in [0.2, 0.25) is 0 Å². The monoisotopic (exact) mass is 213 g/mol. The zero-order valence-electron chi connectivity index (χ0n) is 10.8. The molecule has 2 N–H and O–H groups in total. The fourth-order valence-electron chi connectivity index (χ4n) is 2.08. The summed E-state index contributed by atoms with van der Waals surface area (Å²) in [6, 6.07) is 0.382. The Morgan fingerprint density at radius 1 is 1.33 bits per heavy atom. The van der Waals surface area contributed by atoms with Crippen LogP contribution in [0.5, 0.6) is 0 Å². The van der Waals surface area contributed by atoms with Gasteiger partial charge < -0.3 is 10.6 Å². The minimum Gasteiger partial charge on any atom is -0.328 e. The third-order valence-electron chi connectivity index (χ3n) is 3.74. The summed E-state index contributed by atoms with van der Waals surface area (Å²) in [5, 5.41) is 0. The van der Waals surface area contributed by atoms with Crippen molar-refractivity contribution in [3.8, 4) is 0 Å². The molecule has 0 saturated carbocycles. The van der Waals surface area contributed by atoms with Crippen LogP contribution in [0.25, 0.3) is 0 Å². The van der Waals surface area contributed by atoms with E-state index in [-0.39, 0.29) is 0 Å². The molecule has 1 atom stereocenters. The third kappa shape index (κ3) is 3.74. The van der Waals surface area contributed by atoms with Gasteiger partial charge in [0.1, 0.15) is 0 Å². The van der Waals surface area contributed by atoms with E-state index >= 15 is 0 Å². The van der Waals surface area contributed by atoms with Gasteiger partial charge >= 0.3 is 0 Å². The summed E-state index contributed by atoms with van der Waals surface area (Å²) in [5.74, 6) is 0. The van der Waals surface area contributed by atoms with E-state index in [0.29, 0.717) is 11.6 Å². The van der Waals surface area contributed by atoms with Gasteiger partial charge in [-0.1, -0.05) is 6.92 Å². The molecule has 90 valence electrons. The van der Waals surface area contributed by atoms with Crippen molar-refractivity contribution < 1.29 is 0 Å². The summed E-state index contributed by atoms with van der Waals surface area (Å²) >= 11 is 0. The van der Waals surface area contributed by atoms with E-state index in [0.717, 1.165) is 19.4 Å². The number of nitrogens with two attached hydrogens (primary N) is 1. The molecule has 1 aliphatic rings. The predicted molar refractivity (Wildman–Crippen MR) is 66.0 cm³/mol. The number of nitrogens with zero attached hydrogens (tertiary/aromatic N) is 2. The van der Waals surface area contributed by atoms with Crippen molar-refractivity contribution in [1.29, 1.82) is 0 Å². The quantitative estimate of drug-likeness (QED) is 0.760. The van der Waals surface area contributed by atoms with Crippen LogP contribution >= 0.6 is 0 Å². The first kappa shape index (κ1) is 12.9. The average Bonchev–Trinajstić information content (AvgIpc) is 2.19. The Morgan fingerprint density at radius 2 is 2.00 bits per heavy atom. The van der Waals surface area contributed by atoms with Crippen molar-refractivity contribution in [3.05, 3.63) is 0 Å². The molecule has 0 aromatic rings. The Hall–Kier alpha value is -0.120. The van der Waals surface area contributed by atoms with Crippen LogP contribution in [0, 0.1) is 0 Å². The smallest absolute Gasteiger partial charge is 0.0277 e. The Labute approximate surface area is 94.6 Å². The van der Waals surface area contributed by atoms with Gasteiger partial charge in [0.05, 0.1) is 0 Å². The lowest BCUT2D eigenvalue weighted by molar-refractivity contribution is 0.0387. The number of hydrogen-bond donors (Lipinski definition) is 1. The Morgan fingerprint density at radius 3 is 2.53 bits per heavy atom. The SMILES string of the molecule is CCC(N)CCN1CCN(C)C(C)(C)C1. The second kappa shape index (κ2) is 5.28. The van der Waals surface area contributed by atoms with Gasteiger partial charge in [-0.05, 0) is 40.3 Å². The fourth-order valence-corrected chi connectivity index (χ4v) is 2.08. The highest BCUT2D eigenvalue weighted by molar-refractivity contribution is 4.88. The van der Waals surface area contributed by atoms with Gasteiger partial charge in [0.15, 0.2) is 0 Å². The zero-order chi connectivity index (χ0) is 11.5. The maximum Gasteiger partial charge on any atom is 0.0277 e.